The maximum atomic E-state index is 11.5. The van der Waals surface area contributed by atoms with Gasteiger partial charge in [-0.15, -0.1) is 0 Å². The minimum absolute atomic E-state index is 0.269. The number of rotatable bonds is 3. The maximum absolute atomic E-state index is 11.5. The Morgan fingerprint density at radius 1 is 1.56 bits per heavy atom. The monoisotopic (exact) mass is 219 g/mol. The number of anilines is 1. The molecular weight excluding hydrogens is 202 g/mol. The van der Waals surface area contributed by atoms with Crippen LogP contribution in [-0.4, -0.2) is 11.0 Å². The number of aryl methyl sites for hydroxylation is 1. The number of amides is 2. The SMILES string of the molecule is CC/C(C)=C/NC(=O)Nc1ncccc1C. The highest BCUT2D eigenvalue weighted by atomic mass is 16.2. The Kier molecular flexibility index (Phi) is 4.51. The number of carbonyl (C=O) groups excluding carboxylic acids is 1. The van der Waals surface area contributed by atoms with Gasteiger partial charge in [0, 0.05) is 12.4 Å². The largest absolute Gasteiger partial charge is 0.324 e. The third-order valence-corrected chi connectivity index (χ3v) is 2.25. The fourth-order valence-corrected chi connectivity index (χ4v) is 1.05. The highest BCUT2D eigenvalue weighted by Crippen LogP contribution is 2.08. The Hall–Kier alpha value is -1.84. The molecule has 1 heterocycles. The van der Waals surface area contributed by atoms with Crippen molar-refractivity contribution in [1.82, 2.24) is 10.3 Å². The zero-order valence-corrected chi connectivity index (χ0v) is 9.87. The lowest BCUT2D eigenvalue weighted by atomic mass is 10.3. The molecule has 4 heteroatoms. The van der Waals surface area contributed by atoms with E-state index in [9.17, 15) is 4.79 Å². The van der Waals surface area contributed by atoms with E-state index in [1.807, 2.05) is 32.9 Å². The molecule has 0 aliphatic carbocycles. The molecule has 86 valence electrons. The number of carbonyl (C=O) groups is 1. The summed E-state index contributed by atoms with van der Waals surface area (Å²) >= 11 is 0. The molecule has 0 bridgehead atoms. The molecule has 0 aliphatic rings. The fraction of sp³-hybridized carbons (Fsp3) is 0.333. The molecule has 0 fully saturated rings. The fourth-order valence-electron chi connectivity index (χ4n) is 1.05. The lowest BCUT2D eigenvalue weighted by molar-refractivity contribution is 0.255. The minimum Gasteiger partial charge on any atom is -0.314 e. The van der Waals surface area contributed by atoms with Gasteiger partial charge in [-0.1, -0.05) is 18.6 Å². The van der Waals surface area contributed by atoms with E-state index in [4.69, 9.17) is 0 Å². The summed E-state index contributed by atoms with van der Waals surface area (Å²) in [4.78, 5) is 15.6. The number of hydrogen-bond acceptors (Lipinski definition) is 2. The second-order valence-electron chi connectivity index (χ2n) is 3.61. The van der Waals surface area contributed by atoms with Crippen LogP contribution in [0.15, 0.2) is 30.1 Å². The van der Waals surface area contributed by atoms with E-state index in [1.54, 1.807) is 12.4 Å². The molecule has 0 unspecified atom stereocenters. The van der Waals surface area contributed by atoms with Crippen molar-refractivity contribution < 1.29 is 4.79 Å². The molecule has 2 amide bonds. The molecule has 1 rings (SSSR count). The molecule has 2 N–H and O–H groups in total. The van der Waals surface area contributed by atoms with Gasteiger partial charge in [-0.3, -0.25) is 5.32 Å². The van der Waals surface area contributed by atoms with E-state index in [1.165, 1.54) is 0 Å². The van der Waals surface area contributed by atoms with Gasteiger partial charge in [-0.2, -0.15) is 0 Å². The summed E-state index contributed by atoms with van der Waals surface area (Å²) in [7, 11) is 0. The lowest BCUT2D eigenvalue weighted by Gasteiger charge is -2.06. The van der Waals surface area contributed by atoms with Gasteiger partial charge in [0.05, 0.1) is 0 Å². The molecule has 0 spiro atoms. The summed E-state index contributed by atoms with van der Waals surface area (Å²) in [6.45, 7) is 5.90. The van der Waals surface area contributed by atoms with Crippen LogP contribution in [0.3, 0.4) is 0 Å². The van der Waals surface area contributed by atoms with Crippen molar-refractivity contribution in [2.24, 2.45) is 0 Å². The van der Waals surface area contributed by atoms with Crippen LogP contribution in [0.25, 0.3) is 0 Å². The van der Waals surface area contributed by atoms with Gasteiger partial charge in [0.25, 0.3) is 0 Å². The summed E-state index contributed by atoms with van der Waals surface area (Å²) < 4.78 is 0. The van der Waals surface area contributed by atoms with Crippen molar-refractivity contribution in [3.05, 3.63) is 35.7 Å². The first-order chi connectivity index (χ1) is 7.63. The Morgan fingerprint density at radius 2 is 2.31 bits per heavy atom. The Morgan fingerprint density at radius 3 is 2.94 bits per heavy atom. The van der Waals surface area contributed by atoms with Crippen LogP contribution >= 0.6 is 0 Å². The third-order valence-electron chi connectivity index (χ3n) is 2.25. The van der Waals surface area contributed by atoms with Gasteiger partial charge in [0.15, 0.2) is 0 Å². The number of hydrogen-bond donors (Lipinski definition) is 2. The Balaban J connectivity index is 2.56. The van der Waals surface area contributed by atoms with E-state index < -0.39 is 0 Å². The molecule has 4 nitrogen and oxygen atoms in total. The van der Waals surface area contributed by atoms with Crippen molar-refractivity contribution in [2.45, 2.75) is 27.2 Å². The zero-order valence-electron chi connectivity index (χ0n) is 9.87. The Bertz CT molecular complexity index is 399. The number of nitrogens with one attached hydrogen (secondary N) is 2. The van der Waals surface area contributed by atoms with Gasteiger partial charge >= 0.3 is 6.03 Å². The van der Waals surface area contributed by atoms with Gasteiger partial charge in [0.2, 0.25) is 0 Å². The average Bonchev–Trinajstić information content (AvgIpc) is 2.29. The predicted molar refractivity (Wildman–Crippen MR) is 65.2 cm³/mol. The van der Waals surface area contributed by atoms with Gasteiger partial charge < -0.3 is 5.32 Å². The van der Waals surface area contributed by atoms with E-state index in [-0.39, 0.29) is 6.03 Å². The predicted octanol–water partition coefficient (Wildman–Crippen LogP) is 2.83. The molecule has 0 saturated heterocycles. The number of urea groups is 1. The number of aromatic nitrogens is 1. The zero-order chi connectivity index (χ0) is 12.0. The molecule has 0 aliphatic heterocycles. The first-order valence-corrected chi connectivity index (χ1v) is 5.28. The first-order valence-electron chi connectivity index (χ1n) is 5.28. The second kappa shape index (κ2) is 5.90. The smallest absolute Gasteiger partial charge is 0.314 e. The summed E-state index contributed by atoms with van der Waals surface area (Å²) in [6, 6.07) is 3.46. The second-order valence-corrected chi connectivity index (χ2v) is 3.61. The lowest BCUT2D eigenvalue weighted by Crippen LogP contribution is -2.25. The molecule has 16 heavy (non-hydrogen) atoms. The number of allylic oxidation sites excluding steroid dienone is 1. The van der Waals surface area contributed by atoms with Crippen LogP contribution in [0.4, 0.5) is 10.6 Å². The van der Waals surface area contributed by atoms with Crippen LogP contribution in [0.1, 0.15) is 25.8 Å². The summed E-state index contributed by atoms with van der Waals surface area (Å²) in [6.07, 6.45) is 4.27. The van der Waals surface area contributed by atoms with E-state index >= 15 is 0 Å². The van der Waals surface area contributed by atoms with Gasteiger partial charge in [-0.05, 0) is 31.9 Å². The molecular formula is C12H17N3O. The molecule has 0 radical (unpaired) electrons. The molecule has 0 saturated carbocycles. The van der Waals surface area contributed by atoms with Crippen molar-refractivity contribution in [3.63, 3.8) is 0 Å². The highest BCUT2D eigenvalue weighted by molar-refractivity contribution is 5.89. The molecule has 0 aromatic carbocycles. The minimum atomic E-state index is -0.269. The summed E-state index contributed by atoms with van der Waals surface area (Å²) in [5.41, 5.74) is 2.06. The van der Waals surface area contributed by atoms with Crippen molar-refractivity contribution >= 4 is 11.8 Å². The normalized spacial score (nSPS) is 11.1. The number of pyridine rings is 1. The number of nitrogens with zero attached hydrogens (tertiary/aromatic N) is 1. The summed E-state index contributed by atoms with van der Waals surface area (Å²) in [5.74, 6) is 0.586. The van der Waals surface area contributed by atoms with E-state index in [2.05, 4.69) is 15.6 Å². The highest BCUT2D eigenvalue weighted by Gasteiger charge is 2.02. The van der Waals surface area contributed by atoms with Gasteiger partial charge in [-0.25, -0.2) is 9.78 Å². The standard InChI is InChI=1S/C12H17N3O/c1-4-9(2)8-14-12(16)15-11-10(3)6-5-7-13-11/h5-8H,4H2,1-3H3,(H2,13,14,15,16)/b9-8+. The summed E-state index contributed by atoms with van der Waals surface area (Å²) in [5, 5.41) is 5.34. The van der Waals surface area contributed by atoms with Crippen molar-refractivity contribution in [1.29, 1.82) is 0 Å². The quantitative estimate of drug-likeness (QED) is 0.821. The maximum Gasteiger partial charge on any atom is 0.324 e. The van der Waals surface area contributed by atoms with E-state index in [0.717, 1.165) is 17.6 Å². The van der Waals surface area contributed by atoms with Crippen LogP contribution in [0.5, 0.6) is 0 Å². The van der Waals surface area contributed by atoms with Crippen LogP contribution in [0, 0.1) is 6.92 Å². The van der Waals surface area contributed by atoms with Crippen molar-refractivity contribution in [3.8, 4) is 0 Å². The van der Waals surface area contributed by atoms with E-state index in [0.29, 0.717) is 5.82 Å². The van der Waals surface area contributed by atoms with Gasteiger partial charge in [0.1, 0.15) is 5.82 Å². The average molecular weight is 219 g/mol. The molecule has 1 aromatic heterocycles. The van der Waals surface area contributed by atoms with Crippen LogP contribution < -0.4 is 10.6 Å². The van der Waals surface area contributed by atoms with Crippen molar-refractivity contribution in [2.75, 3.05) is 5.32 Å². The van der Waals surface area contributed by atoms with Crippen LogP contribution in [0.2, 0.25) is 0 Å². The third kappa shape index (κ3) is 3.73. The van der Waals surface area contributed by atoms with Crippen LogP contribution in [-0.2, 0) is 0 Å². The first kappa shape index (κ1) is 12.2. The molecule has 0 atom stereocenters. The molecule has 1 aromatic rings. The topological polar surface area (TPSA) is 54.0 Å². The Labute approximate surface area is 95.8 Å².